The van der Waals surface area contributed by atoms with Crippen LogP contribution in [0.3, 0.4) is 0 Å². The Bertz CT molecular complexity index is 395. The second-order valence-corrected chi connectivity index (χ2v) is 4.11. The van der Waals surface area contributed by atoms with Crippen molar-refractivity contribution in [2.45, 2.75) is 52.1 Å². The van der Waals surface area contributed by atoms with Crippen molar-refractivity contribution in [3.63, 3.8) is 0 Å². The van der Waals surface area contributed by atoms with E-state index in [1.54, 1.807) is 6.26 Å². The largest absolute Gasteiger partial charge is 0.469 e. The van der Waals surface area contributed by atoms with Crippen LogP contribution >= 0.6 is 0 Å². The lowest BCUT2D eigenvalue weighted by Gasteiger charge is -2.06. The Kier molecular flexibility index (Phi) is 6.71. The minimum Gasteiger partial charge on any atom is -0.469 e. The van der Waals surface area contributed by atoms with E-state index in [9.17, 15) is 4.79 Å². The van der Waals surface area contributed by atoms with Crippen LogP contribution in [0.25, 0.3) is 0 Å². The van der Waals surface area contributed by atoms with Crippen molar-refractivity contribution in [2.75, 3.05) is 0 Å². The molecule has 0 aliphatic heterocycles. The van der Waals surface area contributed by atoms with E-state index in [-0.39, 0.29) is 12.1 Å². The number of carbonyl (C=O) groups excluding carboxylic acids is 1. The normalized spacial score (nSPS) is 11.4. The molecule has 0 saturated heterocycles. The molecule has 0 amide bonds. The van der Waals surface area contributed by atoms with Gasteiger partial charge in [-0.15, -0.1) is 0 Å². The molecule has 18 heavy (non-hydrogen) atoms. The molecule has 1 aromatic rings. The van der Waals surface area contributed by atoms with E-state index in [0.29, 0.717) is 0 Å². The summed E-state index contributed by atoms with van der Waals surface area (Å²) in [4.78, 5) is 10.8. The molecule has 0 radical (unpaired) electrons. The standard InChI is InChI=1S/C15H20O3/c1-3-14(18-13(2)16)9-6-4-5-7-10-15-11-8-12-17-15/h8,11-12,14H,3-5,7,10H2,1-2H3. The number of esters is 1. The monoisotopic (exact) mass is 248 g/mol. The molecule has 1 rings (SSSR count). The van der Waals surface area contributed by atoms with Crippen molar-refractivity contribution in [3.05, 3.63) is 24.2 Å². The molecule has 1 aromatic heterocycles. The van der Waals surface area contributed by atoms with Crippen molar-refractivity contribution in [1.29, 1.82) is 0 Å². The Hall–Kier alpha value is -1.69. The lowest BCUT2D eigenvalue weighted by atomic mass is 10.1. The predicted octanol–water partition coefficient (Wildman–Crippen LogP) is 3.34. The van der Waals surface area contributed by atoms with E-state index in [4.69, 9.17) is 9.15 Å². The number of aryl methyl sites for hydroxylation is 1. The van der Waals surface area contributed by atoms with E-state index in [2.05, 4.69) is 11.8 Å². The maximum Gasteiger partial charge on any atom is 0.303 e. The van der Waals surface area contributed by atoms with Crippen LogP contribution in [-0.2, 0) is 16.0 Å². The van der Waals surface area contributed by atoms with Crippen molar-refractivity contribution in [1.82, 2.24) is 0 Å². The van der Waals surface area contributed by atoms with Gasteiger partial charge in [0.05, 0.1) is 6.26 Å². The van der Waals surface area contributed by atoms with E-state index >= 15 is 0 Å². The summed E-state index contributed by atoms with van der Waals surface area (Å²) in [6.07, 6.45) is 6.05. The molecular formula is C15H20O3. The molecule has 0 aromatic carbocycles. The zero-order valence-corrected chi connectivity index (χ0v) is 11.1. The van der Waals surface area contributed by atoms with Crippen LogP contribution < -0.4 is 0 Å². The summed E-state index contributed by atoms with van der Waals surface area (Å²) >= 11 is 0. The van der Waals surface area contributed by atoms with Gasteiger partial charge in [-0.3, -0.25) is 4.79 Å². The van der Waals surface area contributed by atoms with Gasteiger partial charge in [-0.25, -0.2) is 0 Å². The Morgan fingerprint density at radius 1 is 1.50 bits per heavy atom. The van der Waals surface area contributed by atoms with Crippen molar-refractivity contribution < 1.29 is 13.9 Å². The smallest absolute Gasteiger partial charge is 0.303 e. The summed E-state index contributed by atoms with van der Waals surface area (Å²) in [6.45, 7) is 3.37. The highest BCUT2D eigenvalue weighted by Gasteiger charge is 2.03. The molecule has 98 valence electrons. The third-order valence-corrected chi connectivity index (χ3v) is 2.50. The van der Waals surface area contributed by atoms with Crippen molar-refractivity contribution >= 4 is 5.97 Å². The fraction of sp³-hybridized carbons (Fsp3) is 0.533. The minimum atomic E-state index is -0.269. The molecule has 1 atom stereocenters. The van der Waals surface area contributed by atoms with Crippen LogP contribution in [0.4, 0.5) is 0 Å². The molecule has 1 heterocycles. The first-order chi connectivity index (χ1) is 8.72. The number of hydrogen-bond donors (Lipinski definition) is 0. The lowest BCUT2D eigenvalue weighted by molar-refractivity contribution is -0.143. The number of ether oxygens (including phenoxy) is 1. The third-order valence-electron chi connectivity index (χ3n) is 2.50. The maximum absolute atomic E-state index is 10.8. The highest BCUT2D eigenvalue weighted by atomic mass is 16.5. The van der Waals surface area contributed by atoms with Gasteiger partial charge in [-0.2, -0.15) is 0 Å². The molecule has 1 unspecified atom stereocenters. The summed E-state index contributed by atoms with van der Waals surface area (Å²) in [7, 11) is 0. The molecule has 0 saturated carbocycles. The zero-order chi connectivity index (χ0) is 13.2. The molecule has 0 N–H and O–H groups in total. The van der Waals surface area contributed by atoms with Gasteiger partial charge < -0.3 is 9.15 Å². The van der Waals surface area contributed by atoms with Gasteiger partial charge in [0, 0.05) is 19.8 Å². The average Bonchev–Trinajstić information content (AvgIpc) is 2.84. The summed E-state index contributed by atoms with van der Waals surface area (Å²) < 4.78 is 10.3. The second kappa shape index (κ2) is 8.41. The van der Waals surface area contributed by atoms with Gasteiger partial charge >= 0.3 is 5.97 Å². The van der Waals surface area contributed by atoms with Gasteiger partial charge in [0.1, 0.15) is 5.76 Å². The van der Waals surface area contributed by atoms with Crippen LogP contribution in [0, 0.1) is 11.8 Å². The first-order valence-electron chi connectivity index (χ1n) is 6.40. The summed E-state index contributed by atoms with van der Waals surface area (Å²) in [5.74, 6) is 6.79. The maximum atomic E-state index is 10.8. The molecule has 0 spiro atoms. The lowest BCUT2D eigenvalue weighted by Crippen LogP contribution is -2.12. The summed E-state index contributed by atoms with van der Waals surface area (Å²) in [5.41, 5.74) is 0. The van der Waals surface area contributed by atoms with Crippen LogP contribution in [0.15, 0.2) is 22.8 Å². The minimum absolute atomic E-state index is 0.257. The number of unbranched alkanes of at least 4 members (excludes halogenated alkanes) is 2. The molecule has 0 fully saturated rings. The van der Waals surface area contributed by atoms with Gasteiger partial charge in [0.2, 0.25) is 0 Å². The Morgan fingerprint density at radius 2 is 2.33 bits per heavy atom. The van der Waals surface area contributed by atoms with Gasteiger partial charge in [0.25, 0.3) is 0 Å². The quantitative estimate of drug-likeness (QED) is 0.440. The van der Waals surface area contributed by atoms with E-state index in [1.165, 1.54) is 6.92 Å². The zero-order valence-electron chi connectivity index (χ0n) is 11.1. The number of hydrogen-bond acceptors (Lipinski definition) is 3. The highest BCUT2D eigenvalue weighted by Crippen LogP contribution is 2.06. The number of rotatable bonds is 6. The van der Waals surface area contributed by atoms with Crippen molar-refractivity contribution in [2.24, 2.45) is 0 Å². The number of furan rings is 1. The topological polar surface area (TPSA) is 39.4 Å². The third kappa shape index (κ3) is 6.15. The fourth-order valence-corrected chi connectivity index (χ4v) is 1.57. The first-order valence-corrected chi connectivity index (χ1v) is 6.40. The molecule has 0 aliphatic rings. The summed E-state index contributed by atoms with van der Waals surface area (Å²) in [5, 5.41) is 0. The van der Waals surface area contributed by atoms with Crippen LogP contribution in [0.1, 0.15) is 45.3 Å². The van der Waals surface area contributed by atoms with Gasteiger partial charge in [-0.05, 0) is 31.4 Å². The van der Waals surface area contributed by atoms with Gasteiger partial charge in [0.15, 0.2) is 6.10 Å². The predicted molar refractivity (Wildman–Crippen MR) is 69.9 cm³/mol. The van der Waals surface area contributed by atoms with Gasteiger partial charge in [-0.1, -0.05) is 18.8 Å². The molecular weight excluding hydrogens is 228 g/mol. The Morgan fingerprint density at radius 3 is 2.94 bits per heavy atom. The fourth-order valence-electron chi connectivity index (χ4n) is 1.57. The van der Waals surface area contributed by atoms with E-state index in [0.717, 1.165) is 37.9 Å². The SMILES string of the molecule is CCC(C#CCCCCc1ccco1)OC(C)=O. The van der Waals surface area contributed by atoms with Crippen LogP contribution in [-0.4, -0.2) is 12.1 Å². The Balaban J connectivity index is 2.14. The summed E-state index contributed by atoms with van der Waals surface area (Å²) in [6, 6.07) is 3.89. The molecule has 0 aliphatic carbocycles. The van der Waals surface area contributed by atoms with E-state index < -0.39 is 0 Å². The highest BCUT2D eigenvalue weighted by molar-refractivity contribution is 5.66. The van der Waals surface area contributed by atoms with E-state index in [1.807, 2.05) is 19.1 Å². The first kappa shape index (κ1) is 14.4. The Labute approximate surface area is 109 Å². The van der Waals surface area contributed by atoms with Crippen LogP contribution in [0.2, 0.25) is 0 Å². The van der Waals surface area contributed by atoms with Crippen molar-refractivity contribution in [3.8, 4) is 11.8 Å². The second-order valence-electron chi connectivity index (χ2n) is 4.11. The number of carbonyl (C=O) groups is 1. The molecule has 3 heteroatoms. The van der Waals surface area contributed by atoms with Crippen LogP contribution in [0.5, 0.6) is 0 Å². The molecule has 0 bridgehead atoms. The molecule has 3 nitrogen and oxygen atoms in total. The average molecular weight is 248 g/mol.